The third-order valence-corrected chi connectivity index (χ3v) is 3.72. The Labute approximate surface area is 106 Å². The van der Waals surface area contributed by atoms with Gasteiger partial charge in [0.1, 0.15) is 0 Å². The molecule has 6 heteroatoms. The zero-order chi connectivity index (χ0) is 13.1. The van der Waals surface area contributed by atoms with Crippen LogP contribution in [0.4, 0.5) is 5.82 Å². The summed E-state index contributed by atoms with van der Waals surface area (Å²) in [5, 5.41) is 19.9. The fraction of sp³-hybridized carbons (Fsp3) is 0.583. The minimum Gasteiger partial charge on any atom is -0.409 e. The van der Waals surface area contributed by atoms with Gasteiger partial charge in [0.2, 0.25) is 0 Å². The topological polar surface area (TPSA) is 87.6 Å². The lowest BCUT2D eigenvalue weighted by molar-refractivity contribution is 0.318. The van der Waals surface area contributed by atoms with Gasteiger partial charge in [0.15, 0.2) is 11.7 Å². The highest BCUT2D eigenvalue weighted by molar-refractivity contribution is 6.01. The SMILES string of the molecule is CC1CCN(c2nnccc2/C(N)=N/O)CC1C. The molecule has 2 heterocycles. The molecule has 1 aliphatic rings. The Balaban J connectivity index is 2.28. The molecule has 98 valence electrons. The largest absolute Gasteiger partial charge is 0.409 e. The average Bonchev–Trinajstić information content (AvgIpc) is 2.41. The van der Waals surface area contributed by atoms with Gasteiger partial charge in [-0.05, 0) is 24.3 Å². The van der Waals surface area contributed by atoms with Crippen LogP contribution in [0.3, 0.4) is 0 Å². The van der Waals surface area contributed by atoms with Crippen LogP contribution in [0.25, 0.3) is 0 Å². The first-order valence-electron chi connectivity index (χ1n) is 6.18. The van der Waals surface area contributed by atoms with Crippen LogP contribution in [0.1, 0.15) is 25.8 Å². The molecule has 0 spiro atoms. The monoisotopic (exact) mass is 249 g/mol. The van der Waals surface area contributed by atoms with Gasteiger partial charge in [-0.2, -0.15) is 5.10 Å². The summed E-state index contributed by atoms with van der Waals surface area (Å²) in [5.41, 5.74) is 6.30. The number of oxime groups is 1. The van der Waals surface area contributed by atoms with Crippen LogP contribution in [0.2, 0.25) is 0 Å². The molecular weight excluding hydrogens is 230 g/mol. The molecule has 2 rings (SSSR count). The van der Waals surface area contributed by atoms with Crippen molar-refractivity contribution in [1.29, 1.82) is 0 Å². The van der Waals surface area contributed by atoms with Crippen molar-refractivity contribution in [3.05, 3.63) is 17.8 Å². The first kappa shape index (κ1) is 12.6. The summed E-state index contributed by atoms with van der Waals surface area (Å²) in [6, 6.07) is 1.72. The molecule has 1 saturated heterocycles. The van der Waals surface area contributed by atoms with Gasteiger partial charge in [-0.25, -0.2) is 0 Å². The lowest BCUT2D eigenvalue weighted by Gasteiger charge is -2.36. The Hall–Kier alpha value is -1.85. The van der Waals surface area contributed by atoms with E-state index < -0.39 is 0 Å². The van der Waals surface area contributed by atoms with Crippen molar-refractivity contribution in [3.8, 4) is 0 Å². The number of hydrogen-bond donors (Lipinski definition) is 2. The average molecular weight is 249 g/mol. The van der Waals surface area contributed by atoms with Crippen molar-refractivity contribution < 1.29 is 5.21 Å². The highest BCUT2D eigenvalue weighted by Gasteiger charge is 2.25. The van der Waals surface area contributed by atoms with E-state index in [0.717, 1.165) is 19.5 Å². The molecule has 18 heavy (non-hydrogen) atoms. The zero-order valence-corrected chi connectivity index (χ0v) is 10.7. The number of amidine groups is 1. The summed E-state index contributed by atoms with van der Waals surface area (Å²) in [7, 11) is 0. The van der Waals surface area contributed by atoms with Gasteiger partial charge in [-0.1, -0.05) is 19.0 Å². The minimum atomic E-state index is 0.0752. The Bertz CT molecular complexity index is 448. The molecule has 0 amide bonds. The Morgan fingerprint density at radius 3 is 2.94 bits per heavy atom. The van der Waals surface area contributed by atoms with Gasteiger partial charge in [-0.15, -0.1) is 5.10 Å². The second-order valence-corrected chi connectivity index (χ2v) is 4.94. The van der Waals surface area contributed by atoms with Gasteiger partial charge >= 0.3 is 0 Å². The van der Waals surface area contributed by atoms with E-state index in [1.807, 2.05) is 0 Å². The van der Waals surface area contributed by atoms with E-state index in [4.69, 9.17) is 10.9 Å². The molecule has 1 fully saturated rings. The molecule has 0 radical (unpaired) electrons. The molecule has 1 aliphatic heterocycles. The van der Waals surface area contributed by atoms with Crippen LogP contribution in [0.15, 0.2) is 17.4 Å². The molecule has 0 saturated carbocycles. The summed E-state index contributed by atoms with van der Waals surface area (Å²) < 4.78 is 0. The van der Waals surface area contributed by atoms with Crippen LogP contribution >= 0.6 is 0 Å². The standard InChI is InChI=1S/C12H19N5O/c1-8-4-6-17(7-9(8)2)12-10(11(13)16-18)3-5-14-15-12/h3,5,8-9,18H,4,6-7H2,1-2H3,(H2,13,16). The normalized spacial score (nSPS) is 25.2. The van der Waals surface area contributed by atoms with Crippen molar-refractivity contribution in [2.45, 2.75) is 20.3 Å². The van der Waals surface area contributed by atoms with E-state index in [9.17, 15) is 0 Å². The van der Waals surface area contributed by atoms with E-state index in [1.165, 1.54) is 0 Å². The molecule has 0 aromatic carbocycles. The number of nitrogens with zero attached hydrogens (tertiary/aromatic N) is 4. The third kappa shape index (κ3) is 2.37. The molecule has 1 aromatic rings. The molecular formula is C12H19N5O. The Kier molecular flexibility index (Phi) is 3.64. The lowest BCUT2D eigenvalue weighted by Crippen LogP contribution is -2.40. The smallest absolute Gasteiger partial charge is 0.173 e. The number of nitrogens with two attached hydrogens (primary N) is 1. The second-order valence-electron chi connectivity index (χ2n) is 4.94. The van der Waals surface area contributed by atoms with Crippen LogP contribution in [0, 0.1) is 11.8 Å². The summed E-state index contributed by atoms with van der Waals surface area (Å²) in [6.45, 7) is 6.35. The maximum atomic E-state index is 8.80. The maximum Gasteiger partial charge on any atom is 0.173 e. The fourth-order valence-corrected chi connectivity index (χ4v) is 2.27. The van der Waals surface area contributed by atoms with E-state index in [1.54, 1.807) is 12.3 Å². The minimum absolute atomic E-state index is 0.0752. The highest BCUT2D eigenvalue weighted by Crippen LogP contribution is 2.27. The molecule has 6 nitrogen and oxygen atoms in total. The molecule has 2 atom stereocenters. The first-order valence-corrected chi connectivity index (χ1v) is 6.18. The zero-order valence-electron chi connectivity index (χ0n) is 10.7. The molecule has 2 unspecified atom stereocenters. The van der Waals surface area contributed by atoms with Crippen molar-refractivity contribution in [1.82, 2.24) is 10.2 Å². The Morgan fingerprint density at radius 2 is 2.28 bits per heavy atom. The van der Waals surface area contributed by atoms with Crippen LogP contribution < -0.4 is 10.6 Å². The van der Waals surface area contributed by atoms with Crippen molar-refractivity contribution in [2.24, 2.45) is 22.7 Å². The molecule has 1 aromatic heterocycles. The predicted octanol–water partition coefficient (Wildman–Crippen LogP) is 1.05. The van der Waals surface area contributed by atoms with E-state index >= 15 is 0 Å². The van der Waals surface area contributed by atoms with Crippen LogP contribution in [-0.4, -0.2) is 34.3 Å². The first-order chi connectivity index (χ1) is 8.63. The quantitative estimate of drug-likeness (QED) is 0.354. The number of anilines is 1. The van der Waals surface area contributed by atoms with Gasteiger partial charge in [0.05, 0.1) is 11.8 Å². The summed E-state index contributed by atoms with van der Waals surface area (Å²) >= 11 is 0. The number of aromatic nitrogens is 2. The molecule has 3 N–H and O–H groups in total. The summed E-state index contributed by atoms with van der Waals surface area (Å²) in [5.74, 6) is 2.09. The van der Waals surface area contributed by atoms with Crippen molar-refractivity contribution in [3.63, 3.8) is 0 Å². The number of rotatable bonds is 2. The Morgan fingerprint density at radius 1 is 1.50 bits per heavy atom. The van der Waals surface area contributed by atoms with Gasteiger partial charge in [-0.3, -0.25) is 0 Å². The van der Waals surface area contributed by atoms with Crippen molar-refractivity contribution in [2.75, 3.05) is 18.0 Å². The van der Waals surface area contributed by atoms with Gasteiger partial charge in [0.25, 0.3) is 0 Å². The van der Waals surface area contributed by atoms with Crippen LogP contribution in [-0.2, 0) is 0 Å². The van der Waals surface area contributed by atoms with E-state index in [0.29, 0.717) is 23.2 Å². The lowest BCUT2D eigenvalue weighted by atomic mass is 9.88. The third-order valence-electron chi connectivity index (χ3n) is 3.72. The van der Waals surface area contributed by atoms with Gasteiger partial charge < -0.3 is 15.8 Å². The summed E-state index contributed by atoms with van der Waals surface area (Å²) in [4.78, 5) is 2.16. The predicted molar refractivity (Wildman–Crippen MR) is 69.7 cm³/mol. The summed E-state index contributed by atoms with van der Waals surface area (Å²) in [6.07, 6.45) is 2.67. The van der Waals surface area contributed by atoms with E-state index in [2.05, 4.69) is 34.1 Å². The fourth-order valence-electron chi connectivity index (χ4n) is 2.27. The molecule has 0 aliphatic carbocycles. The molecule has 0 bridgehead atoms. The number of hydrogen-bond acceptors (Lipinski definition) is 5. The van der Waals surface area contributed by atoms with Crippen molar-refractivity contribution >= 4 is 11.7 Å². The maximum absolute atomic E-state index is 8.80. The number of piperidine rings is 1. The van der Waals surface area contributed by atoms with E-state index in [-0.39, 0.29) is 5.84 Å². The highest BCUT2D eigenvalue weighted by atomic mass is 16.4. The second kappa shape index (κ2) is 5.20. The van der Waals surface area contributed by atoms with Crippen LogP contribution in [0.5, 0.6) is 0 Å². The van der Waals surface area contributed by atoms with Gasteiger partial charge in [0, 0.05) is 13.1 Å².